The number of anilines is 1. The Balaban J connectivity index is 1.95. The number of halogens is 1. The van der Waals surface area contributed by atoms with Crippen LogP contribution in [0, 0.1) is 5.82 Å². The van der Waals surface area contributed by atoms with E-state index in [0.29, 0.717) is 11.4 Å². The van der Waals surface area contributed by atoms with E-state index in [1.54, 1.807) is 23.9 Å². The lowest BCUT2D eigenvalue weighted by Gasteiger charge is -2.07. The van der Waals surface area contributed by atoms with Crippen LogP contribution in [0.1, 0.15) is 0 Å². The Kier molecular flexibility index (Phi) is 4.41. The molecule has 0 spiro atoms. The van der Waals surface area contributed by atoms with Gasteiger partial charge < -0.3 is 4.74 Å². The molecule has 0 aliphatic rings. The third-order valence-electron chi connectivity index (χ3n) is 2.36. The van der Waals surface area contributed by atoms with Crippen molar-refractivity contribution in [3.05, 3.63) is 54.3 Å². The fourth-order valence-electron chi connectivity index (χ4n) is 1.43. The predicted octanol–water partition coefficient (Wildman–Crippen LogP) is 4.16. The van der Waals surface area contributed by atoms with E-state index in [0.717, 1.165) is 4.90 Å². The van der Waals surface area contributed by atoms with Crippen LogP contribution in [0.5, 0.6) is 5.75 Å². The van der Waals surface area contributed by atoms with E-state index < -0.39 is 6.09 Å². The third-order valence-corrected chi connectivity index (χ3v) is 3.10. The quantitative estimate of drug-likeness (QED) is 0.856. The number of thioether (sulfide) groups is 1. The largest absolute Gasteiger partial charge is 0.417 e. The highest BCUT2D eigenvalue weighted by Gasteiger charge is 2.05. The first-order valence-electron chi connectivity index (χ1n) is 5.56. The molecule has 0 bridgehead atoms. The number of ether oxygens (including phenoxy) is 1. The van der Waals surface area contributed by atoms with Gasteiger partial charge in [0.1, 0.15) is 11.6 Å². The Morgan fingerprint density at radius 1 is 1.11 bits per heavy atom. The average Bonchev–Trinajstić information content (AvgIpc) is 2.42. The molecule has 0 unspecified atom stereocenters. The molecule has 1 N–H and O–H groups in total. The summed E-state index contributed by atoms with van der Waals surface area (Å²) in [5, 5.41) is 2.59. The molecule has 0 heterocycles. The van der Waals surface area contributed by atoms with Crippen molar-refractivity contribution in [3.63, 3.8) is 0 Å². The highest BCUT2D eigenvalue weighted by Crippen LogP contribution is 2.18. The van der Waals surface area contributed by atoms with Crippen LogP contribution in [0.4, 0.5) is 14.9 Å². The van der Waals surface area contributed by atoms with Gasteiger partial charge in [-0.3, -0.25) is 5.32 Å². The van der Waals surface area contributed by atoms with Crippen molar-refractivity contribution in [2.75, 3.05) is 11.6 Å². The fourth-order valence-corrected chi connectivity index (χ4v) is 1.84. The number of carbonyl (C=O) groups is 1. The molecule has 2 aromatic rings. The van der Waals surface area contributed by atoms with E-state index in [-0.39, 0.29) is 5.82 Å². The van der Waals surface area contributed by atoms with Gasteiger partial charge in [-0.15, -0.1) is 11.8 Å². The van der Waals surface area contributed by atoms with E-state index in [1.807, 2.05) is 18.4 Å². The monoisotopic (exact) mass is 277 g/mol. The maximum Gasteiger partial charge on any atom is 0.417 e. The fraction of sp³-hybridized carbons (Fsp3) is 0.0714. The molecule has 2 rings (SSSR count). The summed E-state index contributed by atoms with van der Waals surface area (Å²) in [5.41, 5.74) is 0.643. The van der Waals surface area contributed by atoms with Crippen molar-refractivity contribution < 1.29 is 13.9 Å². The molecule has 0 atom stereocenters. The highest BCUT2D eigenvalue weighted by atomic mass is 32.2. The third kappa shape index (κ3) is 3.99. The zero-order valence-electron chi connectivity index (χ0n) is 10.2. The maximum absolute atomic E-state index is 12.7. The number of hydrogen-bond acceptors (Lipinski definition) is 3. The van der Waals surface area contributed by atoms with Gasteiger partial charge in [0.05, 0.1) is 0 Å². The molecule has 0 fully saturated rings. The molecule has 2 aromatic carbocycles. The number of nitrogens with one attached hydrogen (secondary N) is 1. The van der Waals surface area contributed by atoms with E-state index in [9.17, 15) is 9.18 Å². The second-order valence-corrected chi connectivity index (χ2v) is 4.58. The Bertz CT molecular complexity index is 555. The van der Waals surface area contributed by atoms with Crippen molar-refractivity contribution in [2.45, 2.75) is 4.90 Å². The topological polar surface area (TPSA) is 38.3 Å². The van der Waals surface area contributed by atoms with Crippen molar-refractivity contribution in [2.24, 2.45) is 0 Å². The zero-order chi connectivity index (χ0) is 13.7. The van der Waals surface area contributed by atoms with Gasteiger partial charge in [-0.25, -0.2) is 9.18 Å². The number of rotatable bonds is 3. The summed E-state index contributed by atoms with van der Waals surface area (Å²) < 4.78 is 17.7. The van der Waals surface area contributed by atoms with Crippen molar-refractivity contribution in [1.29, 1.82) is 0 Å². The minimum Gasteiger partial charge on any atom is -0.410 e. The van der Waals surface area contributed by atoms with Crippen molar-refractivity contribution in [1.82, 2.24) is 0 Å². The second kappa shape index (κ2) is 6.24. The van der Waals surface area contributed by atoms with Crippen LogP contribution in [0.2, 0.25) is 0 Å². The first kappa shape index (κ1) is 13.4. The molecule has 19 heavy (non-hydrogen) atoms. The normalized spacial score (nSPS) is 10.0. The molecule has 0 saturated heterocycles. The lowest BCUT2D eigenvalue weighted by molar-refractivity contribution is 0.215. The Hall–Kier alpha value is -2.01. The second-order valence-electron chi connectivity index (χ2n) is 3.70. The Morgan fingerprint density at radius 3 is 2.32 bits per heavy atom. The summed E-state index contributed by atoms with van der Waals surface area (Å²) in [5.74, 6) is -0.0833. The van der Waals surface area contributed by atoms with Crippen LogP contribution >= 0.6 is 11.8 Å². The van der Waals surface area contributed by atoms with Crippen LogP contribution in [0.3, 0.4) is 0 Å². The molecule has 5 heteroatoms. The molecule has 0 saturated carbocycles. The van der Waals surface area contributed by atoms with Crippen LogP contribution in [-0.2, 0) is 0 Å². The van der Waals surface area contributed by atoms with E-state index >= 15 is 0 Å². The van der Waals surface area contributed by atoms with Gasteiger partial charge in [0.15, 0.2) is 0 Å². The Labute approximate surface area is 114 Å². The summed E-state index contributed by atoms with van der Waals surface area (Å²) >= 11 is 1.62. The van der Waals surface area contributed by atoms with Crippen LogP contribution in [-0.4, -0.2) is 12.3 Å². The van der Waals surface area contributed by atoms with Gasteiger partial charge >= 0.3 is 6.09 Å². The van der Waals surface area contributed by atoms with Crippen molar-refractivity contribution in [3.8, 4) is 5.75 Å². The minimum absolute atomic E-state index is 0.291. The summed E-state index contributed by atoms with van der Waals surface area (Å²) in [6.45, 7) is 0. The van der Waals surface area contributed by atoms with E-state index in [4.69, 9.17) is 4.74 Å². The van der Waals surface area contributed by atoms with Gasteiger partial charge in [-0.2, -0.15) is 0 Å². The van der Waals surface area contributed by atoms with Crippen LogP contribution in [0.15, 0.2) is 53.4 Å². The molecule has 0 aliphatic heterocycles. The number of carbonyl (C=O) groups excluding carboxylic acids is 1. The van der Waals surface area contributed by atoms with Gasteiger partial charge in [-0.05, 0) is 54.8 Å². The summed E-state index contributed by atoms with van der Waals surface area (Å²) in [7, 11) is 0. The first-order valence-corrected chi connectivity index (χ1v) is 6.78. The minimum atomic E-state index is -0.608. The molecule has 0 aliphatic carbocycles. The van der Waals surface area contributed by atoms with Gasteiger partial charge in [-0.1, -0.05) is 0 Å². The summed E-state index contributed by atoms with van der Waals surface area (Å²) in [6.07, 6.45) is 1.37. The SMILES string of the molecule is CSc1ccc(NC(=O)Oc2ccc(F)cc2)cc1. The average molecular weight is 277 g/mol. The van der Waals surface area contributed by atoms with Crippen molar-refractivity contribution >= 4 is 23.5 Å². The molecule has 1 amide bonds. The van der Waals surface area contributed by atoms with Crippen LogP contribution in [0.25, 0.3) is 0 Å². The number of benzene rings is 2. The lowest BCUT2D eigenvalue weighted by atomic mass is 10.3. The molecule has 0 aromatic heterocycles. The summed E-state index contributed by atoms with van der Waals surface area (Å²) in [4.78, 5) is 12.7. The molecule has 0 radical (unpaired) electrons. The molecule has 3 nitrogen and oxygen atoms in total. The number of hydrogen-bond donors (Lipinski definition) is 1. The highest BCUT2D eigenvalue weighted by molar-refractivity contribution is 7.98. The van der Waals surface area contributed by atoms with Gasteiger partial charge in [0, 0.05) is 10.6 Å². The summed E-state index contributed by atoms with van der Waals surface area (Å²) in [6, 6.07) is 12.6. The molecular formula is C14H12FNO2S. The van der Waals surface area contributed by atoms with Crippen LogP contribution < -0.4 is 10.1 Å². The predicted molar refractivity (Wildman–Crippen MR) is 74.3 cm³/mol. The molecular weight excluding hydrogens is 265 g/mol. The smallest absolute Gasteiger partial charge is 0.410 e. The molecule has 98 valence electrons. The lowest BCUT2D eigenvalue weighted by Crippen LogP contribution is -2.16. The first-order chi connectivity index (χ1) is 9.17. The Morgan fingerprint density at radius 2 is 1.74 bits per heavy atom. The van der Waals surface area contributed by atoms with Gasteiger partial charge in [0.2, 0.25) is 0 Å². The number of amides is 1. The van der Waals surface area contributed by atoms with Gasteiger partial charge in [0.25, 0.3) is 0 Å². The standard InChI is InChI=1S/C14H12FNO2S/c1-19-13-8-4-11(5-9-13)16-14(17)18-12-6-2-10(15)3-7-12/h2-9H,1H3,(H,16,17). The van der Waals surface area contributed by atoms with E-state index in [2.05, 4.69) is 5.32 Å². The maximum atomic E-state index is 12.7. The van der Waals surface area contributed by atoms with E-state index in [1.165, 1.54) is 24.3 Å². The zero-order valence-corrected chi connectivity index (χ0v) is 11.0.